The number of rotatable bonds is 3. The SMILES string of the molecule is N#Cc1ccc(NS(=O)(=O)c2cncc(F)c2)cc1C#N. The predicted octanol–water partition coefficient (Wildman–Crippen LogP) is 1.76. The van der Waals surface area contributed by atoms with Gasteiger partial charge in [-0.3, -0.25) is 9.71 Å². The predicted molar refractivity (Wildman–Crippen MR) is 70.9 cm³/mol. The summed E-state index contributed by atoms with van der Waals surface area (Å²) in [6.45, 7) is 0. The molecule has 1 aromatic heterocycles. The molecule has 0 fully saturated rings. The largest absolute Gasteiger partial charge is 0.280 e. The molecule has 0 saturated heterocycles. The fourth-order valence-electron chi connectivity index (χ4n) is 1.55. The maximum Gasteiger partial charge on any atom is 0.263 e. The van der Waals surface area contributed by atoms with Gasteiger partial charge in [0.1, 0.15) is 22.9 Å². The number of halogens is 1. The van der Waals surface area contributed by atoms with Crippen molar-refractivity contribution in [3.63, 3.8) is 0 Å². The fraction of sp³-hybridized carbons (Fsp3) is 0. The van der Waals surface area contributed by atoms with Crippen molar-refractivity contribution in [1.29, 1.82) is 10.5 Å². The van der Waals surface area contributed by atoms with Crippen LogP contribution in [0.3, 0.4) is 0 Å². The standard InChI is InChI=1S/C13H7FN4O2S/c14-11-4-13(8-17-7-11)21(19,20)18-12-2-1-9(5-15)10(3-12)6-16/h1-4,7-8,18H. The number of hydrogen-bond acceptors (Lipinski definition) is 5. The van der Waals surface area contributed by atoms with Crippen LogP contribution in [0.4, 0.5) is 10.1 Å². The molecule has 0 bridgehead atoms. The van der Waals surface area contributed by atoms with Crippen molar-refractivity contribution >= 4 is 15.7 Å². The topological polar surface area (TPSA) is 107 Å². The fourth-order valence-corrected chi connectivity index (χ4v) is 2.57. The maximum absolute atomic E-state index is 13.0. The number of sulfonamides is 1. The van der Waals surface area contributed by atoms with Crippen molar-refractivity contribution in [3.8, 4) is 12.1 Å². The van der Waals surface area contributed by atoms with Gasteiger partial charge in [-0.05, 0) is 24.3 Å². The lowest BCUT2D eigenvalue weighted by molar-refractivity contribution is 0.592. The number of nitrogens with zero attached hydrogens (tertiary/aromatic N) is 3. The number of aromatic nitrogens is 1. The van der Waals surface area contributed by atoms with Gasteiger partial charge in [0.25, 0.3) is 10.0 Å². The quantitative estimate of drug-likeness (QED) is 0.929. The second-order valence-electron chi connectivity index (χ2n) is 3.93. The van der Waals surface area contributed by atoms with E-state index in [1.165, 1.54) is 18.2 Å². The lowest BCUT2D eigenvalue weighted by atomic mass is 10.1. The van der Waals surface area contributed by atoms with Crippen molar-refractivity contribution < 1.29 is 12.8 Å². The van der Waals surface area contributed by atoms with Crippen LogP contribution in [-0.4, -0.2) is 13.4 Å². The number of hydrogen-bond donors (Lipinski definition) is 1. The summed E-state index contributed by atoms with van der Waals surface area (Å²) in [6.07, 6.45) is 1.88. The molecule has 0 radical (unpaired) electrons. The summed E-state index contributed by atoms with van der Waals surface area (Å²) >= 11 is 0. The Morgan fingerprint density at radius 1 is 1.10 bits per heavy atom. The molecule has 0 amide bonds. The van der Waals surface area contributed by atoms with Crippen LogP contribution in [0.1, 0.15) is 11.1 Å². The van der Waals surface area contributed by atoms with E-state index in [-0.39, 0.29) is 21.7 Å². The summed E-state index contributed by atoms with van der Waals surface area (Å²) in [5.74, 6) is -0.782. The van der Waals surface area contributed by atoms with E-state index < -0.39 is 15.8 Å². The van der Waals surface area contributed by atoms with Crippen LogP contribution in [0.2, 0.25) is 0 Å². The Labute approximate surface area is 120 Å². The van der Waals surface area contributed by atoms with Crippen LogP contribution in [0.5, 0.6) is 0 Å². The van der Waals surface area contributed by atoms with Gasteiger partial charge in [-0.25, -0.2) is 12.8 Å². The summed E-state index contributed by atoms with van der Waals surface area (Å²) in [7, 11) is -4.03. The number of benzene rings is 1. The van der Waals surface area contributed by atoms with E-state index in [2.05, 4.69) is 9.71 Å². The normalized spacial score (nSPS) is 10.4. The van der Waals surface area contributed by atoms with Crippen LogP contribution in [0, 0.1) is 28.5 Å². The van der Waals surface area contributed by atoms with E-state index in [1.54, 1.807) is 6.07 Å². The maximum atomic E-state index is 13.0. The van der Waals surface area contributed by atoms with Gasteiger partial charge in [-0.2, -0.15) is 10.5 Å². The van der Waals surface area contributed by atoms with Crippen LogP contribution in [0.15, 0.2) is 41.6 Å². The molecule has 2 rings (SSSR count). The first-order chi connectivity index (χ1) is 9.96. The van der Waals surface area contributed by atoms with Crippen molar-refractivity contribution in [2.45, 2.75) is 4.90 Å². The Kier molecular flexibility index (Phi) is 3.83. The summed E-state index contributed by atoms with van der Waals surface area (Å²) in [6, 6.07) is 8.31. The Balaban J connectivity index is 2.38. The molecule has 1 N–H and O–H groups in total. The van der Waals surface area contributed by atoms with E-state index >= 15 is 0 Å². The zero-order valence-corrected chi connectivity index (χ0v) is 11.2. The van der Waals surface area contributed by atoms with Gasteiger partial charge in [0.15, 0.2) is 0 Å². The van der Waals surface area contributed by atoms with E-state index in [4.69, 9.17) is 10.5 Å². The Hall–Kier alpha value is -2.97. The van der Waals surface area contributed by atoms with Crippen molar-refractivity contribution in [1.82, 2.24) is 4.98 Å². The molecule has 1 heterocycles. The lowest BCUT2D eigenvalue weighted by Crippen LogP contribution is -2.13. The molecule has 0 atom stereocenters. The average molecular weight is 302 g/mol. The van der Waals surface area contributed by atoms with Gasteiger partial charge < -0.3 is 0 Å². The summed E-state index contributed by atoms with van der Waals surface area (Å²) in [5.41, 5.74) is 0.262. The number of nitriles is 2. The van der Waals surface area contributed by atoms with Crippen LogP contribution in [-0.2, 0) is 10.0 Å². The third-order valence-corrected chi connectivity index (χ3v) is 3.85. The Morgan fingerprint density at radius 3 is 2.43 bits per heavy atom. The molecule has 21 heavy (non-hydrogen) atoms. The summed E-state index contributed by atoms with van der Waals surface area (Å²) in [4.78, 5) is 3.12. The molecule has 0 aliphatic carbocycles. The minimum absolute atomic E-state index is 0.0371. The first-order valence-electron chi connectivity index (χ1n) is 5.54. The second kappa shape index (κ2) is 5.57. The molecule has 8 heteroatoms. The molecule has 0 spiro atoms. The van der Waals surface area contributed by atoms with Crippen molar-refractivity contribution in [2.75, 3.05) is 4.72 Å². The highest BCUT2D eigenvalue weighted by molar-refractivity contribution is 7.92. The molecule has 1 aromatic carbocycles. The van der Waals surface area contributed by atoms with E-state index in [0.717, 1.165) is 18.5 Å². The van der Waals surface area contributed by atoms with Gasteiger partial charge in [-0.1, -0.05) is 0 Å². The minimum Gasteiger partial charge on any atom is -0.280 e. The third-order valence-electron chi connectivity index (χ3n) is 2.50. The second-order valence-corrected chi connectivity index (χ2v) is 5.61. The van der Waals surface area contributed by atoms with Crippen molar-refractivity contribution in [3.05, 3.63) is 53.6 Å². The van der Waals surface area contributed by atoms with Gasteiger partial charge in [0.05, 0.1) is 23.0 Å². The highest BCUT2D eigenvalue weighted by atomic mass is 32.2. The third kappa shape index (κ3) is 3.14. The Morgan fingerprint density at radius 2 is 1.81 bits per heavy atom. The van der Waals surface area contributed by atoms with Crippen molar-refractivity contribution in [2.24, 2.45) is 0 Å². The van der Waals surface area contributed by atoms with Crippen LogP contribution in [0.25, 0.3) is 0 Å². The number of anilines is 1. The zero-order valence-electron chi connectivity index (χ0n) is 10.4. The molecule has 0 aliphatic heterocycles. The average Bonchev–Trinajstić information content (AvgIpc) is 2.46. The van der Waals surface area contributed by atoms with Gasteiger partial charge in [0, 0.05) is 6.20 Å². The Bertz CT molecular complexity index is 882. The zero-order chi connectivity index (χ0) is 15.5. The molecular formula is C13H7FN4O2S. The molecule has 104 valence electrons. The molecular weight excluding hydrogens is 295 g/mol. The number of nitrogens with one attached hydrogen (secondary N) is 1. The molecule has 0 unspecified atom stereocenters. The number of pyridine rings is 1. The molecule has 0 aliphatic rings. The van der Waals surface area contributed by atoms with E-state index in [9.17, 15) is 12.8 Å². The van der Waals surface area contributed by atoms with Gasteiger partial charge in [-0.15, -0.1) is 0 Å². The first kappa shape index (κ1) is 14.4. The monoisotopic (exact) mass is 302 g/mol. The van der Waals surface area contributed by atoms with Gasteiger partial charge >= 0.3 is 0 Å². The highest BCUT2D eigenvalue weighted by Gasteiger charge is 2.16. The summed E-state index contributed by atoms with van der Waals surface area (Å²) in [5, 5.41) is 17.7. The van der Waals surface area contributed by atoms with E-state index in [1.807, 2.05) is 6.07 Å². The van der Waals surface area contributed by atoms with Crippen LogP contribution < -0.4 is 4.72 Å². The van der Waals surface area contributed by atoms with E-state index in [0.29, 0.717) is 0 Å². The van der Waals surface area contributed by atoms with Gasteiger partial charge in [0.2, 0.25) is 0 Å². The minimum atomic E-state index is -4.03. The molecule has 0 saturated carbocycles. The smallest absolute Gasteiger partial charge is 0.263 e. The molecule has 6 nitrogen and oxygen atoms in total. The lowest BCUT2D eigenvalue weighted by Gasteiger charge is -2.08. The van der Waals surface area contributed by atoms with Crippen LogP contribution >= 0.6 is 0 Å². The first-order valence-corrected chi connectivity index (χ1v) is 7.02. The highest BCUT2D eigenvalue weighted by Crippen LogP contribution is 2.19. The summed E-state index contributed by atoms with van der Waals surface area (Å²) < 4.78 is 39.3. The molecule has 2 aromatic rings.